The SMILES string of the molecule is Cc1nc(C(Nc2ncccc2C#N)c2ccccc2)n[nH]1. The van der Waals surface area contributed by atoms with Crippen molar-refractivity contribution in [3.63, 3.8) is 0 Å². The number of aromatic amines is 1. The molecule has 1 aromatic carbocycles. The second-order valence-corrected chi connectivity index (χ2v) is 4.78. The minimum absolute atomic E-state index is 0.284. The summed E-state index contributed by atoms with van der Waals surface area (Å²) in [7, 11) is 0. The number of hydrogen-bond donors (Lipinski definition) is 2. The molecule has 2 heterocycles. The number of aryl methyl sites for hydroxylation is 1. The summed E-state index contributed by atoms with van der Waals surface area (Å²) in [5.74, 6) is 1.86. The van der Waals surface area contributed by atoms with Crippen molar-refractivity contribution < 1.29 is 0 Å². The smallest absolute Gasteiger partial charge is 0.177 e. The van der Waals surface area contributed by atoms with Gasteiger partial charge in [0.1, 0.15) is 23.8 Å². The van der Waals surface area contributed by atoms with E-state index in [-0.39, 0.29) is 6.04 Å². The quantitative estimate of drug-likeness (QED) is 0.770. The number of nitrogens with one attached hydrogen (secondary N) is 2. The first-order valence-corrected chi connectivity index (χ1v) is 6.83. The Balaban J connectivity index is 2.01. The lowest BCUT2D eigenvalue weighted by atomic mass is 10.1. The van der Waals surface area contributed by atoms with Crippen molar-refractivity contribution in [1.82, 2.24) is 20.2 Å². The van der Waals surface area contributed by atoms with Gasteiger partial charge in [-0.1, -0.05) is 30.3 Å². The van der Waals surface area contributed by atoms with Gasteiger partial charge in [-0.2, -0.15) is 10.4 Å². The Morgan fingerprint density at radius 2 is 2.00 bits per heavy atom. The van der Waals surface area contributed by atoms with Crippen molar-refractivity contribution in [1.29, 1.82) is 5.26 Å². The molecule has 3 rings (SSSR count). The van der Waals surface area contributed by atoms with E-state index in [2.05, 4.69) is 31.6 Å². The molecule has 0 aliphatic heterocycles. The predicted molar refractivity (Wildman–Crippen MR) is 82.0 cm³/mol. The van der Waals surface area contributed by atoms with Crippen molar-refractivity contribution in [2.45, 2.75) is 13.0 Å². The maximum atomic E-state index is 9.21. The third-order valence-corrected chi connectivity index (χ3v) is 3.21. The Hall–Kier alpha value is -3.20. The van der Waals surface area contributed by atoms with Crippen LogP contribution in [0.25, 0.3) is 0 Å². The van der Waals surface area contributed by atoms with Crippen molar-refractivity contribution in [2.24, 2.45) is 0 Å². The third kappa shape index (κ3) is 2.79. The highest BCUT2D eigenvalue weighted by Gasteiger charge is 2.20. The van der Waals surface area contributed by atoms with Gasteiger partial charge in [0, 0.05) is 6.20 Å². The number of benzene rings is 1. The van der Waals surface area contributed by atoms with Crippen LogP contribution in [0.15, 0.2) is 48.7 Å². The van der Waals surface area contributed by atoms with E-state index < -0.39 is 0 Å². The fourth-order valence-corrected chi connectivity index (χ4v) is 2.18. The minimum atomic E-state index is -0.284. The molecule has 0 saturated carbocycles. The number of nitriles is 1. The van der Waals surface area contributed by atoms with Crippen LogP contribution in [0, 0.1) is 18.3 Å². The fraction of sp³-hybridized carbons (Fsp3) is 0.125. The summed E-state index contributed by atoms with van der Waals surface area (Å²) >= 11 is 0. The molecule has 0 bridgehead atoms. The van der Waals surface area contributed by atoms with Gasteiger partial charge in [0.25, 0.3) is 0 Å². The Morgan fingerprint density at radius 3 is 2.68 bits per heavy atom. The van der Waals surface area contributed by atoms with E-state index in [1.165, 1.54) is 0 Å². The van der Waals surface area contributed by atoms with Gasteiger partial charge in [-0.3, -0.25) is 5.10 Å². The summed E-state index contributed by atoms with van der Waals surface area (Å²) in [6.07, 6.45) is 1.65. The summed E-state index contributed by atoms with van der Waals surface area (Å²) in [6, 6.07) is 15.1. The highest BCUT2D eigenvalue weighted by molar-refractivity contribution is 5.53. The molecule has 2 N–H and O–H groups in total. The Labute approximate surface area is 127 Å². The number of aromatic nitrogens is 4. The molecule has 6 heteroatoms. The average molecular weight is 290 g/mol. The van der Waals surface area contributed by atoms with E-state index >= 15 is 0 Å². The van der Waals surface area contributed by atoms with Crippen LogP contribution < -0.4 is 5.32 Å². The topological polar surface area (TPSA) is 90.3 Å². The second kappa shape index (κ2) is 6.06. The number of anilines is 1. The summed E-state index contributed by atoms with van der Waals surface area (Å²) in [4.78, 5) is 8.65. The van der Waals surface area contributed by atoms with E-state index in [4.69, 9.17) is 0 Å². The molecule has 2 aromatic heterocycles. The van der Waals surface area contributed by atoms with Gasteiger partial charge in [-0.25, -0.2) is 9.97 Å². The van der Waals surface area contributed by atoms with Crippen LogP contribution in [0.1, 0.15) is 28.8 Å². The molecule has 0 fully saturated rings. The zero-order valence-electron chi connectivity index (χ0n) is 12.0. The highest BCUT2D eigenvalue weighted by atomic mass is 15.2. The maximum absolute atomic E-state index is 9.21. The summed E-state index contributed by atoms with van der Waals surface area (Å²) < 4.78 is 0. The molecular weight excluding hydrogens is 276 g/mol. The standard InChI is InChI=1S/C16H14N6/c1-11-19-16(22-21-11)14(12-6-3-2-4-7-12)20-15-13(10-17)8-5-9-18-15/h2-9,14H,1H3,(H,18,20)(H,19,21,22). The molecule has 3 aromatic rings. The molecule has 0 aliphatic rings. The predicted octanol–water partition coefficient (Wildman–Crippen LogP) is 2.58. The van der Waals surface area contributed by atoms with E-state index in [1.807, 2.05) is 37.3 Å². The molecule has 6 nitrogen and oxygen atoms in total. The van der Waals surface area contributed by atoms with Crippen molar-refractivity contribution in [3.8, 4) is 6.07 Å². The number of H-pyrrole nitrogens is 1. The molecule has 0 radical (unpaired) electrons. The largest absolute Gasteiger partial charge is 0.355 e. The van der Waals surface area contributed by atoms with Gasteiger partial charge in [0.05, 0.1) is 5.56 Å². The molecular formula is C16H14N6. The third-order valence-electron chi connectivity index (χ3n) is 3.21. The maximum Gasteiger partial charge on any atom is 0.177 e. The number of hydrogen-bond acceptors (Lipinski definition) is 5. The second-order valence-electron chi connectivity index (χ2n) is 4.78. The van der Waals surface area contributed by atoms with E-state index in [0.29, 0.717) is 17.2 Å². The molecule has 0 aliphatic carbocycles. The van der Waals surface area contributed by atoms with Gasteiger partial charge in [0.15, 0.2) is 5.82 Å². The monoisotopic (exact) mass is 290 g/mol. The van der Waals surface area contributed by atoms with Gasteiger partial charge >= 0.3 is 0 Å². The minimum Gasteiger partial charge on any atom is -0.355 e. The lowest BCUT2D eigenvalue weighted by Gasteiger charge is -2.17. The van der Waals surface area contributed by atoms with Crippen molar-refractivity contribution in [2.75, 3.05) is 5.32 Å². The molecule has 1 unspecified atom stereocenters. The molecule has 1 atom stereocenters. The first-order chi connectivity index (χ1) is 10.8. The van der Waals surface area contributed by atoms with Gasteiger partial charge in [-0.15, -0.1) is 0 Å². The molecule has 0 saturated heterocycles. The van der Waals surface area contributed by atoms with Crippen LogP contribution in [0.2, 0.25) is 0 Å². The fourth-order valence-electron chi connectivity index (χ4n) is 2.18. The van der Waals surface area contributed by atoms with Crippen LogP contribution in [-0.4, -0.2) is 20.2 Å². The first kappa shape index (κ1) is 13.8. The van der Waals surface area contributed by atoms with E-state index in [1.54, 1.807) is 18.3 Å². The Bertz CT molecular complexity index is 803. The average Bonchev–Trinajstić information content (AvgIpc) is 3.00. The molecule has 0 spiro atoms. The Kier molecular flexibility index (Phi) is 3.79. The van der Waals surface area contributed by atoms with Crippen LogP contribution in [0.3, 0.4) is 0 Å². The van der Waals surface area contributed by atoms with Crippen LogP contribution >= 0.6 is 0 Å². The number of rotatable bonds is 4. The van der Waals surface area contributed by atoms with Crippen LogP contribution in [0.5, 0.6) is 0 Å². The van der Waals surface area contributed by atoms with E-state index in [9.17, 15) is 5.26 Å². The van der Waals surface area contributed by atoms with Crippen molar-refractivity contribution >= 4 is 5.82 Å². The van der Waals surface area contributed by atoms with Crippen LogP contribution in [0.4, 0.5) is 5.82 Å². The highest BCUT2D eigenvalue weighted by Crippen LogP contribution is 2.24. The number of nitrogens with zero attached hydrogens (tertiary/aromatic N) is 4. The van der Waals surface area contributed by atoms with Gasteiger partial charge in [-0.05, 0) is 24.6 Å². The normalized spacial score (nSPS) is 11.6. The van der Waals surface area contributed by atoms with Crippen LogP contribution in [-0.2, 0) is 0 Å². The Morgan fingerprint density at radius 1 is 1.18 bits per heavy atom. The molecule has 22 heavy (non-hydrogen) atoms. The molecule has 0 amide bonds. The summed E-state index contributed by atoms with van der Waals surface area (Å²) in [6.45, 7) is 1.85. The molecule has 108 valence electrons. The lowest BCUT2D eigenvalue weighted by molar-refractivity contribution is 0.829. The number of pyridine rings is 1. The summed E-state index contributed by atoms with van der Waals surface area (Å²) in [5.41, 5.74) is 1.48. The van der Waals surface area contributed by atoms with Crippen molar-refractivity contribution in [3.05, 3.63) is 71.4 Å². The first-order valence-electron chi connectivity index (χ1n) is 6.83. The van der Waals surface area contributed by atoms with Gasteiger partial charge in [0.2, 0.25) is 0 Å². The zero-order valence-corrected chi connectivity index (χ0v) is 12.0. The lowest BCUT2D eigenvalue weighted by Crippen LogP contribution is -2.15. The van der Waals surface area contributed by atoms with E-state index in [0.717, 1.165) is 11.4 Å². The van der Waals surface area contributed by atoms with Gasteiger partial charge < -0.3 is 5.32 Å². The summed E-state index contributed by atoms with van der Waals surface area (Å²) in [5, 5.41) is 19.6. The zero-order chi connectivity index (χ0) is 15.4.